The van der Waals surface area contributed by atoms with E-state index in [-0.39, 0.29) is 34.7 Å². The quantitative estimate of drug-likeness (QED) is 0.275. The number of ether oxygens (including phenoxy) is 1. The van der Waals surface area contributed by atoms with E-state index in [0.29, 0.717) is 21.1 Å². The van der Waals surface area contributed by atoms with Crippen molar-refractivity contribution in [1.29, 1.82) is 0 Å². The van der Waals surface area contributed by atoms with Crippen LogP contribution >= 0.6 is 0 Å². The van der Waals surface area contributed by atoms with Gasteiger partial charge in [-0.15, -0.1) is 0 Å². The molecule has 0 aliphatic rings. The second-order valence-electron chi connectivity index (χ2n) is 8.09. The van der Waals surface area contributed by atoms with Crippen molar-refractivity contribution in [3.8, 4) is 17.0 Å². The van der Waals surface area contributed by atoms with Crippen LogP contribution in [0.2, 0.25) is 0 Å². The Morgan fingerprint density at radius 1 is 1.24 bits per heavy atom. The van der Waals surface area contributed by atoms with Crippen LogP contribution < -0.4 is 21.5 Å². The lowest BCUT2D eigenvalue weighted by atomic mass is 10.0. The number of nitrogens with two attached hydrogens (primary N) is 2. The average molecular weight is 519 g/mol. The molecule has 2 heterocycles. The molecule has 0 aliphatic heterocycles. The second kappa shape index (κ2) is 9.44. The summed E-state index contributed by atoms with van der Waals surface area (Å²) < 4.78 is 59.3. The summed E-state index contributed by atoms with van der Waals surface area (Å²) in [4.78, 5) is 24.8. The number of carbonyl (C=O) groups is 2. The molecule has 4 rings (SSSR count). The van der Waals surface area contributed by atoms with E-state index in [2.05, 4.69) is 20.6 Å². The number of nitrogens with zero attached hydrogens (tertiary/aromatic N) is 3. The largest absolute Gasteiger partial charge is 0.496 e. The molecule has 0 bridgehead atoms. The first-order valence-electron chi connectivity index (χ1n) is 10.8. The van der Waals surface area contributed by atoms with E-state index in [0.717, 1.165) is 19.1 Å². The zero-order chi connectivity index (χ0) is 27.1. The molecule has 2 amide bonds. The summed E-state index contributed by atoms with van der Waals surface area (Å²) in [7, 11) is 1.35. The van der Waals surface area contributed by atoms with Crippen LogP contribution in [0.1, 0.15) is 39.2 Å². The number of carbonyl (C=O) groups excluding carboxylic acids is 2. The minimum Gasteiger partial charge on any atom is -0.496 e. The number of anilines is 1. The van der Waals surface area contributed by atoms with Crippen LogP contribution in [-0.2, 0) is 6.54 Å². The molecule has 2 aromatic carbocycles. The Morgan fingerprint density at radius 3 is 2.62 bits per heavy atom. The van der Waals surface area contributed by atoms with Crippen LogP contribution in [0.15, 0.2) is 36.5 Å². The number of amides is 2. The molecule has 0 aliphatic carbocycles. The fraction of sp³-hybridized carbons (Fsp3) is 0.217. The van der Waals surface area contributed by atoms with Gasteiger partial charge >= 0.3 is 6.18 Å². The molecule has 14 heteroatoms. The summed E-state index contributed by atoms with van der Waals surface area (Å²) in [5.41, 5.74) is 12.0. The van der Waals surface area contributed by atoms with Crippen LogP contribution in [0, 0.1) is 5.82 Å². The number of aromatic nitrogens is 4. The monoisotopic (exact) mass is 519 g/mol. The van der Waals surface area contributed by atoms with Gasteiger partial charge in [0.2, 0.25) is 0 Å². The highest BCUT2D eigenvalue weighted by Gasteiger charge is 2.40. The smallest absolute Gasteiger partial charge is 0.410 e. The molecule has 0 unspecified atom stereocenters. The molecule has 0 radical (unpaired) electrons. The first-order chi connectivity index (χ1) is 17.4. The fourth-order valence-corrected chi connectivity index (χ4v) is 3.89. The van der Waals surface area contributed by atoms with E-state index in [4.69, 9.17) is 16.2 Å². The van der Waals surface area contributed by atoms with Crippen molar-refractivity contribution in [3.05, 3.63) is 59.0 Å². The molecule has 0 saturated carbocycles. The molecule has 10 nitrogen and oxygen atoms in total. The van der Waals surface area contributed by atoms with Crippen molar-refractivity contribution >= 4 is 28.5 Å². The summed E-state index contributed by atoms with van der Waals surface area (Å²) in [5.74, 6) is -2.61. The zero-order valence-electron chi connectivity index (χ0n) is 19.5. The predicted octanol–water partition coefficient (Wildman–Crippen LogP) is 3.31. The number of halogens is 4. The molecule has 4 aromatic rings. The number of aromatic amines is 1. The number of hydrogen-bond acceptors (Lipinski definition) is 6. The van der Waals surface area contributed by atoms with Gasteiger partial charge in [0.1, 0.15) is 34.7 Å². The van der Waals surface area contributed by atoms with Gasteiger partial charge in [-0.1, -0.05) is 12.1 Å². The van der Waals surface area contributed by atoms with Crippen molar-refractivity contribution in [1.82, 2.24) is 25.3 Å². The molecule has 2 aromatic heterocycles. The summed E-state index contributed by atoms with van der Waals surface area (Å²) in [6, 6.07) is 4.47. The lowest BCUT2D eigenvalue weighted by Gasteiger charge is -2.17. The number of primary amides is 1. The van der Waals surface area contributed by atoms with Crippen molar-refractivity contribution < 1.29 is 31.9 Å². The van der Waals surface area contributed by atoms with Crippen molar-refractivity contribution in [2.75, 3.05) is 12.8 Å². The van der Waals surface area contributed by atoms with Crippen LogP contribution in [0.3, 0.4) is 0 Å². The topological polar surface area (TPSA) is 154 Å². The number of fused-ring (bicyclic) bond motifs is 1. The fourth-order valence-electron chi connectivity index (χ4n) is 3.89. The second-order valence-corrected chi connectivity index (χ2v) is 8.09. The van der Waals surface area contributed by atoms with E-state index in [9.17, 15) is 27.2 Å². The normalized spacial score (nSPS) is 12.5. The first-order valence-corrected chi connectivity index (χ1v) is 10.8. The molecule has 194 valence electrons. The Bertz CT molecular complexity index is 1510. The Morgan fingerprint density at radius 2 is 1.97 bits per heavy atom. The molecule has 37 heavy (non-hydrogen) atoms. The standard InChI is InChI=1S/C23H21F4N7O3/c1-10(23(25,26)27)34-20(28)17(21(29)35)19(33-34)13-5-3-11(18-15(13)9-31-32-18)8-30-22(36)14-7-12(24)4-6-16(14)37-2/h3-7,9-10H,8,28H2,1-2H3,(H2,29,35)(H,30,36)(H,31,32)/t10-/m0/s1. The summed E-state index contributed by atoms with van der Waals surface area (Å²) in [6.07, 6.45) is -3.29. The number of H-pyrrole nitrogens is 1. The number of rotatable bonds is 7. The lowest BCUT2D eigenvalue weighted by Crippen LogP contribution is -2.26. The summed E-state index contributed by atoms with van der Waals surface area (Å²) >= 11 is 0. The SMILES string of the molecule is COc1ccc(F)cc1C(=O)NCc1ccc(-c2nn([C@@H](C)C(F)(F)F)c(N)c2C(N)=O)c2cn[nH]c12. The molecule has 0 fully saturated rings. The highest BCUT2D eigenvalue weighted by molar-refractivity contribution is 6.07. The highest BCUT2D eigenvalue weighted by atomic mass is 19.4. The van der Waals surface area contributed by atoms with E-state index in [1.165, 1.54) is 25.4 Å². The number of nitrogens with one attached hydrogen (secondary N) is 2. The molecule has 1 atom stereocenters. The number of nitrogen functional groups attached to an aromatic ring is 1. The third kappa shape index (κ3) is 4.64. The first kappa shape index (κ1) is 25.5. The predicted molar refractivity (Wildman–Crippen MR) is 125 cm³/mol. The lowest BCUT2D eigenvalue weighted by molar-refractivity contribution is -0.164. The number of methoxy groups -OCH3 is 1. The van der Waals surface area contributed by atoms with Gasteiger partial charge in [0.15, 0.2) is 0 Å². The van der Waals surface area contributed by atoms with Crippen molar-refractivity contribution in [2.45, 2.75) is 25.7 Å². The van der Waals surface area contributed by atoms with Crippen molar-refractivity contribution in [2.24, 2.45) is 5.73 Å². The van der Waals surface area contributed by atoms with E-state index in [1.54, 1.807) is 6.07 Å². The third-order valence-electron chi connectivity index (χ3n) is 5.84. The molecule has 0 spiro atoms. The van der Waals surface area contributed by atoms with Crippen LogP contribution in [0.5, 0.6) is 5.75 Å². The van der Waals surface area contributed by atoms with Crippen LogP contribution in [0.4, 0.5) is 23.4 Å². The average Bonchev–Trinajstić information content (AvgIpc) is 3.46. The van der Waals surface area contributed by atoms with E-state index < -0.39 is 35.7 Å². The Balaban J connectivity index is 1.72. The number of benzene rings is 2. The van der Waals surface area contributed by atoms with E-state index in [1.807, 2.05) is 0 Å². The minimum absolute atomic E-state index is 0.00845. The van der Waals surface area contributed by atoms with E-state index >= 15 is 0 Å². The van der Waals surface area contributed by atoms with Crippen molar-refractivity contribution in [3.63, 3.8) is 0 Å². The molecular formula is C23H21F4N7O3. The van der Waals surface area contributed by atoms with Crippen LogP contribution in [0.25, 0.3) is 22.2 Å². The van der Waals surface area contributed by atoms with Gasteiger partial charge in [-0.2, -0.15) is 23.4 Å². The maximum absolute atomic E-state index is 13.7. The van der Waals surface area contributed by atoms with Gasteiger partial charge in [0.25, 0.3) is 11.8 Å². The summed E-state index contributed by atoms with van der Waals surface area (Å²) in [5, 5.41) is 13.8. The number of alkyl halides is 3. The molecule has 0 saturated heterocycles. The van der Waals surface area contributed by atoms with Gasteiger partial charge in [0, 0.05) is 17.5 Å². The van der Waals surface area contributed by atoms with Gasteiger partial charge in [0.05, 0.1) is 24.4 Å². The zero-order valence-corrected chi connectivity index (χ0v) is 19.5. The Hall–Kier alpha value is -4.62. The Kier molecular flexibility index (Phi) is 6.50. The highest BCUT2D eigenvalue weighted by Crippen LogP contribution is 2.38. The Labute approximate surface area is 206 Å². The number of hydrogen-bond donors (Lipinski definition) is 4. The molecule has 6 N–H and O–H groups in total. The maximum atomic E-state index is 13.7. The summed E-state index contributed by atoms with van der Waals surface area (Å²) in [6.45, 7) is 0.826. The minimum atomic E-state index is -4.68. The third-order valence-corrected chi connectivity index (χ3v) is 5.84. The van der Waals surface area contributed by atoms with Gasteiger partial charge in [-0.3, -0.25) is 14.7 Å². The van der Waals surface area contributed by atoms with Crippen LogP contribution in [-0.4, -0.2) is 45.1 Å². The maximum Gasteiger partial charge on any atom is 0.410 e. The van der Waals surface area contributed by atoms with Gasteiger partial charge in [-0.05, 0) is 30.7 Å². The molecular weight excluding hydrogens is 498 g/mol. The van der Waals surface area contributed by atoms with Gasteiger partial charge in [-0.25, -0.2) is 9.07 Å². The van der Waals surface area contributed by atoms with Gasteiger partial charge < -0.3 is 21.5 Å².